The Morgan fingerprint density at radius 3 is 2.71 bits per heavy atom. The number of benzene rings is 2. The van der Waals surface area contributed by atoms with Gasteiger partial charge in [0, 0.05) is 16.6 Å². The van der Waals surface area contributed by atoms with E-state index in [0.29, 0.717) is 38.9 Å². The maximum Gasteiger partial charge on any atom is 0.250 e. The number of imide groups is 1. The number of fused-ring (bicyclic) bond motifs is 5. The third kappa shape index (κ3) is 2.65. The molecule has 6 rings (SSSR count). The van der Waals surface area contributed by atoms with Gasteiger partial charge in [-0.3, -0.25) is 24.6 Å². The second-order valence-electron chi connectivity index (χ2n) is 9.22. The number of nitrogens with one attached hydrogen (secondary N) is 2. The van der Waals surface area contributed by atoms with Crippen molar-refractivity contribution >= 4 is 35.0 Å². The number of nitrogens with zero attached hydrogens (tertiary/aromatic N) is 1. The van der Waals surface area contributed by atoms with E-state index >= 15 is 0 Å². The van der Waals surface area contributed by atoms with Crippen molar-refractivity contribution in [3.8, 4) is 11.5 Å². The molecule has 4 aliphatic rings. The summed E-state index contributed by atoms with van der Waals surface area (Å²) in [6.07, 6.45) is -0.973. The summed E-state index contributed by atoms with van der Waals surface area (Å²) in [7, 11) is 0. The van der Waals surface area contributed by atoms with Crippen molar-refractivity contribution in [2.24, 2.45) is 11.8 Å². The van der Waals surface area contributed by atoms with Gasteiger partial charge in [-0.25, -0.2) is 0 Å². The Morgan fingerprint density at radius 1 is 1.18 bits per heavy atom. The maximum atomic E-state index is 13.8. The van der Waals surface area contributed by atoms with Gasteiger partial charge in [-0.15, -0.1) is 0 Å². The van der Waals surface area contributed by atoms with Gasteiger partial charge < -0.3 is 19.9 Å². The molecule has 2 saturated heterocycles. The lowest BCUT2D eigenvalue weighted by Crippen LogP contribution is -2.54. The molecule has 3 amide bonds. The van der Waals surface area contributed by atoms with Gasteiger partial charge in [-0.05, 0) is 43.2 Å². The van der Waals surface area contributed by atoms with Crippen LogP contribution in [0.1, 0.15) is 23.6 Å². The van der Waals surface area contributed by atoms with Gasteiger partial charge in [0.25, 0.3) is 0 Å². The number of carbonyl (C=O) groups is 3. The van der Waals surface area contributed by atoms with E-state index in [1.807, 2.05) is 0 Å². The first-order valence-corrected chi connectivity index (χ1v) is 11.4. The highest BCUT2D eigenvalue weighted by Gasteiger charge is 2.71. The van der Waals surface area contributed by atoms with Crippen molar-refractivity contribution in [3.05, 3.63) is 52.0 Å². The van der Waals surface area contributed by atoms with E-state index in [1.54, 1.807) is 44.2 Å². The van der Waals surface area contributed by atoms with Crippen molar-refractivity contribution in [2.45, 2.75) is 38.1 Å². The molecule has 0 radical (unpaired) electrons. The largest absolute Gasteiger partial charge is 0.454 e. The summed E-state index contributed by atoms with van der Waals surface area (Å²) < 4.78 is 10.7. The minimum absolute atomic E-state index is 0.0258. The van der Waals surface area contributed by atoms with Crippen LogP contribution in [0.5, 0.6) is 11.5 Å². The minimum Gasteiger partial charge on any atom is -0.454 e. The number of likely N-dealkylation sites (tertiary alicyclic amines) is 1. The molecule has 5 atom stereocenters. The molecular weight excluding hydrogens is 462 g/mol. The Bertz CT molecular complexity index is 1280. The second kappa shape index (κ2) is 7.18. The molecule has 2 aromatic rings. The zero-order valence-electron chi connectivity index (χ0n) is 18.4. The Morgan fingerprint density at radius 2 is 1.94 bits per heavy atom. The SMILES string of the molecule is Cc1c(Cl)ccc2c1NC(=O)[C@]21N[C@@H]([C@@H](C)O)[C@H]2C(=O)N(Cc3ccc4c(c3)OCO4)C(=O)[C@@H]21. The van der Waals surface area contributed by atoms with E-state index in [4.69, 9.17) is 21.1 Å². The highest BCUT2D eigenvalue weighted by Crippen LogP contribution is 2.54. The predicted molar refractivity (Wildman–Crippen MR) is 120 cm³/mol. The van der Waals surface area contributed by atoms with Gasteiger partial charge >= 0.3 is 0 Å². The summed E-state index contributed by atoms with van der Waals surface area (Å²) in [5.74, 6) is -2.06. The lowest BCUT2D eigenvalue weighted by Gasteiger charge is -2.30. The Hall–Kier alpha value is -3.14. The third-order valence-corrected chi connectivity index (χ3v) is 7.82. The monoisotopic (exact) mass is 483 g/mol. The van der Waals surface area contributed by atoms with Crippen LogP contribution in [0, 0.1) is 18.8 Å². The fourth-order valence-corrected chi connectivity index (χ4v) is 5.93. The average Bonchev–Trinajstić information content (AvgIpc) is 3.53. The van der Waals surface area contributed by atoms with E-state index in [1.165, 1.54) is 4.90 Å². The van der Waals surface area contributed by atoms with Crippen molar-refractivity contribution in [1.29, 1.82) is 0 Å². The number of ether oxygens (including phenoxy) is 2. The quantitative estimate of drug-likeness (QED) is 0.568. The molecule has 0 saturated carbocycles. The van der Waals surface area contributed by atoms with Crippen LogP contribution in [0.25, 0.3) is 0 Å². The van der Waals surface area contributed by atoms with Gasteiger partial charge in [-0.2, -0.15) is 0 Å². The zero-order valence-corrected chi connectivity index (χ0v) is 19.2. The molecular formula is C24H22ClN3O6. The highest BCUT2D eigenvalue weighted by molar-refractivity contribution is 6.32. The Labute approximate surface area is 200 Å². The smallest absolute Gasteiger partial charge is 0.250 e. The fourth-order valence-electron chi connectivity index (χ4n) is 5.77. The molecule has 1 spiro atoms. The highest BCUT2D eigenvalue weighted by atomic mass is 35.5. The van der Waals surface area contributed by atoms with Crippen LogP contribution >= 0.6 is 11.6 Å². The van der Waals surface area contributed by atoms with Gasteiger partial charge in [-0.1, -0.05) is 23.7 Å². The van der Waals surface area contributed by atoms with E-state index in [9.17, 15) is 19.5 Å². The predicted octanol–water partition coefficient (Wildman–Crippen LogP) is 1.68. The van der Waals surface area contributed by atoms with Crippen LogP contribution in [-0.4, -0.2) is 46.7 Å². The molecule has 10 heteroatoms. The molecule has 4 aliphatic heterocycles. The Balaban J connectivity index is 1.43. The minimum atomic E-state index is -1.48. The van der Waals surface area contributed by atoms with Crippen molar-refractivity contribution in [3.63, 3.8) is 0 Å². The van der Waals surface area contributed by atoms with E-state index < -0.39 is 47.2 Å². The summed E-state index contributed by atoms with van der Waals surface area (Å²) in [6, 6.07) is 7.84. The number of aliphatic hydroxyl groups excluding tert-OH is 1. The van der Waals surface area contributed by atoms with Crippen LogP contribution in [-0.2, 0) is 26.5 Å². The van der Waals surface area contributed by atoms with E-state index in [2.05, 4.69) is 10.6 Å². The number of hydrogen-bond acceptors (Lipinski definition) is 7. The lowest BCUT2D eigenvalue weighted by atomic mass is 9.76. The molecule has 0 aliphatic carbocycles. The Kier molecular flexibility index (Phi) is 4.52. The average molecular weight is 484 g/mol. The molecule has 9 nitrogen and oxygen atoms in total. The number of amides is 3. The summed E-state index contributed by atoms with van der Waals surface area (Å²) in [4.78, 5) is 42.0. The molecule has 176 valence electrons. The summed E-state index contributed by atoms with van der Waals surface area (Å²) in [5, 5.41) is 17.1. The molecule has 4 heterocycles. The van der Waals surface area contributed by atoms with Crippen LogP contribution in [0.2, 0.25) is 5.02 Å². The number of halogens is 1. The van der Waals surface area contributed by atoms with Crippen LogP contribution in [0.3, 0.4) is 0 Å². The summed E-state index contributed by atoms with van der Waals surface area (Å²) in [6.45, 7) is 3.48. The van der Waals surface area contributed by atoms with Gasteiger partial charge in [0.15, 0.2) is 11.5 Å². The number of hydrogen-bond donors (Lipinski definition) is 3. The lowest BCUT2D eigenvalue weighted by molar-refractivity contribution is -0.143. The van der Waals surface area contributed by atoms with Crippen molar-refractivity contribution in [1.82, 2.24) is 10.2 Å². The summed E-state index contributed by atoms with van der Waals surface area (Å²) in [5.41, 5.74) is 0.985. The van der Waals surface area contributed by atoms with Gasteiger partial charge in [0.1, 0.15) is 5.54 Å². The van der Waals surface area contributed by atoms with Gasteiger partial charge in [0.2, 0.25) is 24.5 Å². The molecule has 34 heavy (non-hydrogen) atoms. The zero-order chi connectivity index (χ0) is 23.9. The molecule has 3 N–H and O–H groups in total. The molecule has 0 bridgehead atoms. The van der Waals surface area contributed by atoms with Crippen molar-refractivity contribution < 1.29 is 29.0 Å². The van der Waals surface area contributed by atoms with Crippen LogP contribution in [0.4, 0.5) is 5.69 Å². The van der Waals surface area contributed by atoms with Gasteiger partial charge in [0.05, 0.1) is 30.2 Å². The first-order chi connectivity index (χ1) is 16.2. The second-order valence-corrected chi connectivity index (χ2v) is 9.63. The molecule has 2 aromatic carbocycles. The number of carbonyl (C=O) groups excluding carboxylic acids is 3. The molecule has 0 aromatic heterocycles. The van der Waals surface area contributed by atoms with Crippen LogP contribution in [0.15, 0.2) is 30.3 Å². The topological polar surface area (TPSA) is 117 Å². The molecule has 2 fully saturated rings. The van der Waals surface area contributed by atoms with E-state index in [0.717, 1.165) is 0 Å². The number of aliphatic hydroxyl groups is 1. The normalized spacial score (nSPS) is 29.6. The first kappa shape index (κ1) is 21.4. The summed E-state index contributed by atoms with van der Waals surface area (Å²) >= 11 is 6.27. The van der Waals surface area contributed by atoms with E-state index in [-0.39, 0.29) is 13.3 Å². The third-order valence-electron chi connectivity index (χ3n) is 7.41. The number of rotatable bonds is 3. The maximum absolute atomic E-state index is 13.8. The van der Waals surface area contributed by atoms with Crippen LogP contribution < -0.4 is 20.1 Å². The molecule has 0 unspecified atom stereocenters. The standard InChI is InChI=1S/C24H22ClN3O6/c1-10-14(25)5-4-13-19(10)26-23(32)24(13)18-17(20(27-24)11(2)29)21(30)28(22(18)31)8-12-3-6-15-16(7-12)34-9-33-15/h3-7,11,17-18,20,27,29H,8-9H2,1-2H3,(H,26,32)/t11-,17+,18-,20+,24+/m1/s1. The number of anilines is 1. The van der Waals surface area contributed by atoms with Crippen molar-refractivity contribution in [2.75, 3.05) is 12.1 Å². The fraction of sp³-hybridized carbons (Fsp3) is 0.375. The first-order valence-electron chi connectivity index (χ1n) is 11.0.